The number of aliphatic hydroxyl groups excluding tert-OH is 1. The van der Waals surface area contributed by atoms with Gasteiger partial charge in [0.25, 0.3) is 5.78 Å². The molecule has 48 heavy (non-hydrogen) atoms. The summed E-state index contributed by atoms with van der Waals surface area (Å²) in [5.41, 5.74) is 5.09. The summed E-state index contributed by atoms with van der Waals surface area (Å²) in [5.74, 6) is -0.751. The number of amides is 1. The Morgan fingerprint density at radius 3 is 2.40 bits per heavy atom. The molecule has 0 bridgehead atoms. The number of hydrogen-bond acceptors (Lipinski definition) is 10. The van der Waals surface area contributed by atoms with Crippen molar-refractivity contribution in [2.45, 2.75) is 43.5 Å². The van der Waals surface area contributed by atoms with Crippen LogP contribution in [0.2, 0.25) is 0 Å². The zero-order valence-electron chi connectivity index (χ0n) is 26.5. The van der Waals surface area contributed by atoms with Crippen molar-refractivity contribution in [2.75, 3.05) is 11.5 Å². The van der Waals surface area contributed by atoms with Gasteiger partial charge in [0.1, 0.15) is 18.1 Å². The van der Waals surface area contributed by atoms with Crippen LogP contribution in [0.1, 0.15) is 46.3 Å². The van der Waals surface area contributed by atoms with Crippen molar-refractivity contribution in [3.05, 3.63) is 130 Å². The highest BCUT2D eigenvalue weighted by molar-refractivity contribution is 8.00. The number of aromatic hydroxyl groups is 1. The van der Waals surface area contributed by atoms with Gasteiger partial charge in [-0.2, -0.15) is 0 Å². The van der Waals surface area contributed by atoms with E-state index >= 15 is 0 Å². The van der Waals surface area contributed by atoms with E-state index in [4.69, 9.17) is 9.47 Å². The summed E-state index contributed by atoms with van der Waals surface area (Å²) in [7, 11) is 0. The third-order valence-electron chi connectivity index (χ3n) is 7.74. The predicted molar refractivity (Wildman–Crippen MR) is 187 cm³/mol. The van der Waals surface area contributed by atoms with Gasteiger partial charge in [-0.25, -0.2) is 0 Å². The monoisotopic (exact) mass is 679 g/mol. The van der Waals surface area contributed by atoms with Crippen LogP contribution in [0, 0.1) is 13.8 Å². The van der Waals surface area contributed by atoms with Crippen molar-refractivity contribution >= 4 is 45.7 Å². The molecule has 9 nitrogen and oxygen atoms in total. The third-order valence-corrected chi connectivity index (χ3v) is 9.87. The molecule has 4 aromatic carbocycles. The first-order chi connectivity index (χ1) is 23.2. The molecule has 2 N–H and O–H groups in total. The molecule has 1 unspecified atom stereocenters. The lowest BCUT2D eigenvalue weighted by Gasteiger charge is -2.23. The lowest BCUT2D eigenvalue weighted by atomic mass is 9.95. The number of ketones is 1. The number of aryl methyl sites for hydroxylation is 2. The third kappa shape index (κ3) is 7.07. The van der Waals surface area contributed by atoms with E-state index in [0.29, 0.717) is 33.6 Å². The Morgan fingerprint density at radius 2 is 1.67 bits per heavy atom. The molecule has 1 aliphatic heterocycles. The van der Waals surface area contributed by atoms with Gasteiger partial charge in [-0.05, 0) is 73.9 Å². The van der Waals surface area contributed by atoms with Gasteiger partial charge in [-0.3, -0.25) is 14.5 Å². The van der Waals surface area contributed by atoms with E-state index in [-0.39, 0.29) is 34.6 Å². The van der Waals surface area contributed by atoms with Gasteiger partial charge in [0.2, 0.25) is 5.13 Å². The van der Waals surface area contributed by atoms with Gasteiger partial charge < -0.3 is 19.7 Å². The van der Waals surface area contributed by atoms with Crippen molar-refractivity contribution in [1.82, 2.24) is 10.2 Å². The summed E-state index contributed by atoms with van der Waals surface area (Å²) in [6, 6.07) is 26.4. The molecule has 6 rings (SSSR count). The van der Waals surface area contributed by atoms with Crippen molar-refractivity contribution < 1.29 is 29.3 Å². The summed E-state index contributed by atoms with van der Waals surface area (Å²) in [6.45, 7) is 6.48. The molecule has 1 aromatic heterocycles. The molecule has 2 heterocycles. The van der Waals surface area contributed by atoms with E-state index in [1.807, 2.05) is 62.4 Å². The van der Waals surface area contributed by atoms with E-state index in [1.165, 1.54) is 39.6 Å². The maximum absolute atomic E-state index is 13.7. The Balaban J connectivity index is 1.33. The zero-order chi connectivity index (χ0) is 33.8. The first-order valence-electron chi connectivity index (χ1n) is 15.3. The Kier molecular flexibility index (Phi) is 9.79. The van der Waals surface area contributed by atoms with E-state index in [1.54, 1.807) is 43.3 Å². The second-order valence-electron chi connectivity index (χ2n) is 11.3. The van der Waals surface area contributed by atoms with Crippen LogP contribution >= 0.6 is 23.1 Å². The smallest absolute Gasteiger partial charge is 0.301 e. The highest BCUT2D eigenvalue weighted by atomic mass is 32.2. The minimum Gasteiger partial charge on any atom is -0.507 e. The number of hydrogen-bond donors (Lipinski definition) is 2. The molecule has 0 saturated carbocycles. The molecule has 244 valence electrons. The van der Waals surface area contributed by atoms with Gasteiger partial charge in [0.15, 0.2) is 15.8 Å². The van der Waals surface area contributed by atoms with Gasteiger partial charge in [-0.15, -0.1) is 10.2 Å². The number of rotatable bonds is 11. The quantitative estimate of drug-likeness (QED) is 0.0474. The average Bonchev–Trinajstić information content (AvgIpc) is 3.66. The number of nitrogens with zero attached hydrogens (tertiary/aromatic N) is 3. The standard InChI is InChI=1S/C37H33N3O6S2/c1-4-45-30-19-27(14-17-29(30)41)32-31(33(42)26-12-15-28(16-13-26)46-20-25-7-5-6-23(3)18-25)34(43)35(44)40(32)36-38-39-37(48-36)47-21-24-10-8-22(2)9-11-24/h5-19,32,41-42H,4,20-21H2,1-3H3/b33-31+. The molecule has 1 saturated heterocycles. The highest BCUT2D eigenvalue weighted by Crippen LogP contribution is 2.45. The molecule has 1 fully saturated rings. The highest BCUT2D eigenvalue weighted by Gasteiger charge is 2.48. The fraction of sp³-hybridized carbons (Fsp3) is 0.189. The average molecular weight is 680 g/mol. The van der Waals surface area contributed by atoms with Crippen molar-refractivity contribution in [1.29, 1.82) is 0 Å². The second-order valence-corrected chi connectivity index (χ2v) is 13.4. The summed E-state index contributed by atoms with van der Waals surface area (Å²) in [5, 5.41) is 30.8. The number of ether oxygens (including phenoxy) is 2. The van der Waals surface area contributed by atoms with Crippen LogP contribution in [0.15, 0.2) is 101 Å². The molecule has 0 radical (unpaired) electrons. The predicted octanol–water partition coefficient (Wildman–Crippen LogP) is 7.76. The number of thioether (sulfide) groups is 1. The van der Waals surface area contributed by atoms with E-state index in [0.717, 1.165) is 16.7 Å². The summed E-state index contributed by atoms with van der Waals surface area (Å²) < 4.78 is 12.2. The summed E-state index contributed by atoms with van der Waals surface area (Å²) in [4.78, 5) is 28.6. The van der Waals surface area contributed by atoms with Crippen LogP contribution in [0.5, 0.6) is 17.2 Å². The first kappa shape index (κ1) is 32.8. The molecule has 0 aliphatic carbocycles. The first-order valence-corrected chi connectivity index (χ1v) is 17.1. The van der Waals surface area contributed by atoms with Crippen LogP contribution in [0.4, 0.5) is 5.13 Å². The fourth-order valence-corrected chi connectivity index (χ4v) is 7.16. The topological polar surface area (TPSA) is 122 Å². The number of carbonyl (C=O) groups is 2. The maximum Gasteiger partial charge on any atom is 0.301 e. The van der Waals surface area contributed by atoms with Crippen molar-refractivity contribution in [3.8, 4) is 17.2 Å². The molecule has 1 aliphatic rings. The lowest BCUT2D eigenvalue weighted by Crippen LogP contribution is -2.29. The Labute approximate surface area is 286 Å². The van der Waals surface area contributed by atoms with E-state index in [2.05, 4.69) is 10.2 Å². The fourth-order valence-electron chi connectivity index (χ4n) is 5.34. The van der Waals surface area contributed by atoms with Gasteiger partial charge in [0.05, 0.1) is 18.2 Å². The number of phenols is 1. The van der Waals surface area contributed by atoms with Crippen LogP contribution in [-0.2, 0) is 21.9 Å². The van der Waals surface area contributed by atoms with Crippen molar-refractivity contribution in [3.63, 3.8) is 0 Å². The molecule has 11 heteroatoms. The number of aromatic nitrogens is 2. The zero-order valence-corrected chi connectivity index (χ0v) is 28.2. The number of phenolic OH excluding ortho intramolecular Hbond substituents is 1. The number of anilines is 1. The lowest BCUT2D eigenvalue weighted by molar-refractivity contribution is -0.132. The van der Waals surface area contributed by atoms with Crippen LogP contribution in [0.25, 0.3) is 5.76 Å². The number of benzene rings is 4. The minimum absolute atomic E-state index is 0.0930. The summed E-state index contributed by atoms with van der Waals surface area (Å²) >= 11 is 2.66. The molecular formula is C37H33N3O6S2. The Bertz CT molecular complexity index is 1990. The molecule has 1 atom stereocenters. The Hall–Kier alpha value is -5.13. The van der Waals surface area contributed by atoms with E-state index < -0.39 is 17.7 Å². The Morgan fingerprint density at radius 1 is 0.896 bits per heavy atom. The number of carbonyl (C=O) groups excluding carboxylic acids is 2. The second kappa shape index (κ2) is 14.3. The molecule has 0 spiro atoms. The van der Waals surface area contributed by atoms with Crippen LogP contribution in [-0.4, -0.2) is 38.7 Å². The largest absolute Gasteiger partial charge is 0.507 e. The number of Topliss-reactive ketones (excluding diaryl/α,β-unsaturated/α-hetero) is 1. The number of aliphatic hydroxyl groups is 1. The van der Waals surface area contributed by atoms with Crippen LogP contribution in [0.3, 0.4) is 0 Å². The SMILES string of the molecule is CCOc1cc(C2/C(=C(\O)c3ccc(OCc4cccc(C)c4)cc3)C(=O)C(=O)N2c2nnc(SCc3ccc(C)cc3)s2)ccc1O. The van der Waals surface area contributed by atoms with Crippen molar-refractivity contribution in [2.24, 2.45) is 0 Å². The van der Waals surface area contributed by atoms with Gasteiger partial charge in [0, 0.05) is 11.3 Å². The normalized spacial score (nSPS) is 15.6. The molecule has 5 aromatic rings. The van der Waals surface area contributed by atoms with E-state index in [9.17, 15) is 19.8 Å². The van der Waals surface area contributed by atoms with Gasteiger partial charge >= 0.3 is 5.91 Å². The maximum atomic E-state index is 13.7. The minimum atomic E-state index is -1.06. The molecular weight excluding hydrogens is 647 g/mol. The molecule has 1 amide bonds. The van der Waals surface area contributed by atoms with Crippen LogP contribution < -0.4 is 14.4 Å². The summed E-state index contributed by atoms with van der Waals surface area (Å²) in [6.07, 6.45) is 0. The van der Waals surface area contributed by atoms with Gasteiger partial charge in [-0.1, -0.05) is 88.8 Å².